The Morgan fingerprint density at radius 1 is 1.10 bits per heavy atom. The first-order chi connectivity index (χ1) is 14.9. The lowest BCUT2D eigenvalue weighted by molar-refractivity contribution is -0.138. The number of aromatic amines is 1. The first-order valence-electron chi connectivity index (χ1n) is 10.0. The normalized spacial score (nSPS) is 16.3. The van der Waals surface area contributed by atoms with Gasteiger partial charge in [0.05, 0.1) is 18.3 Å². The minimum Gasteiger partial charge on any atom is -0.481 e. The molecule has 0 saturated carbocycles. The van der Waals surface area contributed by atoms with E-state index in [0.29, 0.717) is 37.8 Å². The average Bonchev–Trinajstić information content (AvgIpc) is 3.32. The summed E-state index contributed by atoms with van der Waals surface area (Å²) in [4.78, 5) is 29.0. The van der Waals surface area contributed by atoms with Crippen molar-refractivity contribution >= 4 is 17.9 Å². The van der Waals surface area contributed by atoms with Crippen molar-refractivity contribution in [2.75, 3.05) is 23.3 Å². The maximum Gasteiger partial charge on any atom is 0.303 e. The van der Waals surface area contributed by atoms with Crippen molar-refractivity contribution in [3.63, 3.8) is 0 Å². The van der Waals surface area contributed by atoms with Gasteiger partial charge in [-0.15, -0.1) is 0 Å². The highest BCUT2D eigenvalue weighted by molar-refractivity contribution is 5.68. The number of fused-ring (bicyclic) bond motifs is 1. The number of halogens is 2. The van der Waals surface area contributed by atoms with Crippen LogP contribution in [0, 0.1) is 17.6 Å². The van der Waals surface area contributed by atoms with Crippen molar-refractivity contribution in [2.45, 2.75) is 25.3 Å². The zero-order chi connectivity index (χ0) is 21.5. The Balaban J connectivity index is 1.20. The molecule has 1 fully saturated rings. The summed E-state index contributed by atoms with van der Waals surface area (Å²) in [6.07, 6.45) is 6.39. The van der Waals surface area contributed by atoms with E-state index in [4.69, 9.17) is 5.11 Å². The Bertz CT molecular complexity index is 1100. The highest BCUT2D eigenvalue weighted by atomic mass is 19.2. The van der Waals surface area contributed by atoms with Crippen LogP contribution in [-0.4, -0.2) is 50.1 Å². The molecule has 1 aliphatic heterocycles. The lowest BCUT2D eigenvalue weighted by atomic mass is 9.97. The Kier molecular flexibility index (Phi) is 4.76. The van der Waals surface area contributed by atoms with Crippen LogP contribution in [0.5, 0.6) is 0 Å². The van der Waals surface area contributed by atoms with E-state index < -0.39 is 17.6 Å². The van der Waals surface area contributed by atoms with Crippen LogP contribution in [0.4, 0.5) is 20.7 Å². The Labute approximate surface area is 176 Å². The molecule has 3 heterocycles. The molecule has 0 unspecified atom stereocenters. The summed E-state index contributed by atoms with van der Waals surface area (Å²) in [6.45, 7) is 1.33. The Hall–Kier alpha value is -3.56. The number of carboxylic acids is 1. The van der Waals surface area contributed by atoms with Crippen molar-refractivity contribution in [3.8, 4) is 11.3 Å². The van der Waals surface area contributed by atoms with Gasteiger partial charge in [0, 0.05) is 43.0 Å². The number of aromatic nitrogens is 4. The van der Waals surface area contributed by atoms with E-state index in [1.165, 1.54) is 12.1 Å². The van der Waals surface area contributed by atoms with Gasteiger partial charge in [0.15, 0.2) is 11.6 Å². The molecule has 10 heteroatoms. The Morgan fingerprint density at radius 2 is 1.74 bits per heavy atom. The molecule has 0 bridgehead atoms. The van der Waals surface area contributed by atoms with Crippen molar-refractivity contribution in [3.05, 3.63) is 53.5 Å². The van der Waals surface area contributed by atoms with Gasteiger partial charge < -0.3 is 20.3 Å². The first kappa shape index (κ1) is 19.4. The number of nitrogens with zero attached hydrogens (tertiary/aromatic N) is 4. The highest BCUT2D eigenvalue weighted by Gasteiger charge is 2.30. The second kappa shape index (κ2) is 7.60. The van der Waals surface area contributed by atoms with Crippen LogP contribution in [0.3, 0.4) is 0 Å². The zero-order valence-electron chi connectivity index (χ0n) is 16.5. The molecule has 1 saturated heterocycles. The number of rotatable bonds is 6. The van der Waals surface area contributed by atoms with Crippen molar-refractivity contribution in [1.29, 1.82) is 0 Å². The standard InChI is InChI=1S/C21H20F2N6O2/c22-16-4-12-2-15(3-13(12)5-17(16)23)27-20-24-6-14(7-25-20)18-8-26-21(28-18)29-9-11(10-29)1-19(30)31/h4-8,11,15H,1-3,9-10H2,(H,26,28)(H,30,31)(H,24,25,27). The number of carboxylic acid groups (broad SMARTS) is 1. The quantitative estimate of drug-likeness (QED) is 0.556. The van der Waals surface area contributed by atoms with E-state index >= 15 is 0 Å². The van der Waals surface area contributed by atoms with Crippen LogP contribution in [0.1, 0.15) is 17.5 Å². The molecule has 3 aromatic rings. The highest BCUT2D eigenvalue weighted by Crippen LogP contribution is 2.28. The fourth-order valence-electron chi connectivity index (χ4n) is 4.18. The monoisotopic (exact) mass is 426 g/mol. The van der Waals surface area contributed by atoms with Crippen molar-refractivity contribution in [2.24, 2.45) is 5.92 Å². The second-order valence-corrected chi connectivity index (χ2v) is 8.07. The number of nitrogens with one attached hydrogen (secondary N) is 2. The number of imidazole rings is 1. The Morgan fingerprint density at radius 3 is 2.35 bits per heavy atom. The minimum atomic E-state index is -0.824. The molecule has 31 heavy (non-hydrogen) atoms. The van der Waals surface area contributed by atoms with E-state index in [2.05, 4.69) is 25.3 Å². The summed E-state index contributed by atoms with van der Waals surface area (Å²) >= 11 is 0. The van der Waals surface area contributed by atoms with Crippen LogP contribution in [-0.2, 0) is 17.6 Å². The van der Waals surface area contributed by atoms with Gasteiger partial charge in [0.2, 0.25) is 11.9 Å². The predicted molar refractivity (Wildman–Crippen MR) is 109 cm³/mol. The first-order valence-corrected chi connectivity index (χ1v) is 10.0. The number of anilines is 2. The van der Waals surface area contributed by atoms with E-state index in [0.717, 1.165) is 22.4 Å². The van der Waals surface area contributed by atoms with Gasteiger partial charge in [-0.1, -0.05) is 0 Å². The van der Waals surface area contributed by atoms with Gasteiger partial charge >= 0.3 is 5.97 Å². The molecule has 1 aromatic carbocycles. The molecule has 0 amide bonds. The third kappa shape index (κ3) is 3.92. The SMILES string of the molecule is O=C(O)CC1CN(c2ncc(-c3cnc(NC4Cc5cc(F)c(F)cc5C4)nc3)[nH]2)C1. The second-order valence-electron chi connectivity index (χ2n) is 8.07. The maximum atomic E-state index is 13.4. The zero-order valence-corrected chi connectivity index (χ0v) is 16.5. The van der Waals surface area contributed by atoms with E-state index in [1.54, 1.807) is 18.6 Å². The summed E-state index contributed by atoms with van der Waals surface area (Å²) in [6, 6.07) is 2.49. The predicted octanol–water partition coefficient (Wildman–Crippen LogP) is 2.64. The van der Waals surface area contributed by atoms with Gasteiger partial charge in [-0.25, -0.2) is 23.7 Å². The number of carbonyl (C=O) groups is 1. The molecule has 0 radical (unpaired) electrons. The third-order valence-electron chi connectivity index (χ3n) is 5.75. The van der Waals surface area contributed by atoms with Crippen molar-refractivity contribution < 1.29 is 18.7 Å². The lowest BCUT2D eigenvalue weighted by Gasteiger charge is -2.38. The molecule has 3 N–H and O–H groups in total. The number of benzene rings is 1. The molecule has 1 aliphatic carbocycles. The van der Waals surface area contributed by atoms with Gasteiger partial charge in [0.25, 0.3) is 0 Å². The number of hydrogen-bond acceptors (Lipinski definition) is 6. The molecular weight excluding hydrogens is 406 g/mol. The van der Waals surface area contributed by atoms with E-state index in [1.807, 2.05) is 4.90 Å². The van der Waals surface area contributed by atoms with E-state index in [-0.39, 0.29) is 18.4 Å². The van der Waals surface area contributed by atoms with Gasteiger partial charge in [-0.05, 0) is 36.1 Å². The summed E-state index contributed by atoms with van der Waals surface area (Å²) in [5.41, 5.74) is 3.14. The topological polar surface area (TPSA) is 107 Å². The minimum absolute atomic E-state index is 0.0222. The molecule has 8 nitrogen and oxygen atoms in total. The molecule has 0 atom stereocenters. The summed E-state index contributed by atoms with van der Waals surface area (Å²) in [5, 5.41) is 12.1. The molecule has 2 aliphatic rings. The van der Waals surface area contributed by atoms with Crippen LogP contribution in [0.2, 0.25) is 0 Å². The fourth-order valence-corrected chi connectivity index (χ4v) is 4.18. The molecule has 5 rings (SSSR count). The largest absolute Gasteiger partial charge is 0.481 e. The lowest BCUT2D eigenvalue weighted by Crippen LogP contribution is -2.48. The average molecular weight is 426 g/mol. The molecule has 160 valence electrons. The third-order valence-corrected chi connectivity index (χ3v) is 5.75. The van der Waals surface area contributed by atoms with Crippen molar-refractivity contribution in [1.82, 2.24) is 19.9 Å². The van der Waals surface area contributed by atoms with Gasteiger partial charge in [-0.2, -0.15) is 0 Å². The molecule has 0 spiro atoms. The summed E-state index contributed by atoms with van der Waals surface area (Å²) < 4.78 is 26.9. The van der Waals surface area contributed by atoms with Gasteiger partial charge in [-0.3, -0.25) is 4.79 Å². The van der Waals surface area contributed by atoms with Crippen LogP contribution < -0.4 is 10.2 Å². The smallest absolute Gasteiger partial charge is 0.303 e. The van der Waals surface area contributed by atoms with E-state index in [9.17, 15) is 13.6 Å². The summed E-state index contributed by atoms with van der Waals surface area (Å²) in [7, 11) is 0. The van der Waals surface area contributed by atoms with Crippen LogP contribution >= 0.6 is 0 Å². The molecular formula is C21H20F2N6O2. The van der Waals surface area contributed by atoms with Crippen LogP contribution in [0.25, 0.3) is 11.3 Å². The maximum absolute atomic E-state index is 13.4. The number of aliphatic carboxylic acids is 1. The summed E-state index contributed by atoms with van der Waals surface area (Å²) in [5.74, 6) is -1.14. The number of H-pyrrole nitrogens is 1. The molecule has 2 aromatic heterocycles. The fraction of sp³-hybridized carbons (Fsp3) is 0.333. The number of hydrogen-bond donors (Lipinski definition) is 3. The van der Waals surface area contributed by atoms with Crippen LogP contribution in [0.15, 0.2) is 30.7 Å². The van der Waals surface area contributed by atoms with Gasteiger partial charge in [0.1, 0.15) is 0 Å².